The van der Waals surface area contributed by atoms with E-state index in [0.29, 0.717) is 19.5 Å². The second kappa shape index (κ2) is 5.01. The van der Waals surface area contributed by atoms with Gasteiger partial charge >= 0.3 is 0 Å². The minimum absolute atomic E-state index is 0.164. The largest absolute Gasteiger partial charge is 0.389 e. The number of aromatic nitrogens is 2. The number of nitrogens with zero attached hydrogens (tertiary/aromatic N) is 2. The van der Waals surface area contributed by atoms with E-state index in [1.807, 2.05) is 0 Å². The van der Waals surface area contributed by atoms with Gasteiger partial charge in [-0.2, -0.15) is 0 Å². The van der Waals surface area contributed by atoms with Crippen molar-refractivity contribution in [1.82, 2.24) is 14.9 Å². The summed E-state index contributed by atoms with van der Waals surface area (Å²) >= 11 is 0. The Balaban J connectivity index is 1.74. The maximum absolute atomic E-state index is 12.3. The van der Waals surface area contributed by atoms with Gasteiger partial charge in [0, 0.05) is 25.2 Å². The lowest BCUT2D eigenvalue weighted by atomic mass is 9.71. The van der Waals surface area contributed by atoms with Gasteiger partial charge in [-0.1, -0.05) is 12.8 Å². The molecule has 2 N–H and O–H groups in total. The Labute approximate surface area is 116 Å². The van der Waals surface area contributed by atoms with Crippen LogP contribution in [0.5, 0.6) is 0 Å². The van der Waals surface area contributed by atoms with Gasteiger partial charge in [-0.15, -0.1) is 0 Å². The van der Waals surface area contributed by atoms with Gasteiger partial charge in [0.05, 0.1) is 11.8 Å². The van der Waals surface area contributed by atoms with Crippen molar-refractivity contribution < 1.29 is 9.90 Å². The molecule has 2 atom stereocenters. The summed E-state index contributed by atoms with van der Waals surface area (Å²) in [6, 6.07) is 0. The number of amides is 1. The lowest BCUT2D eigenvalue weighted by molar-refractivity contribution is -0.0886. The molecule has 0 aromatic carbocycles. The molecule has 20 heavy (non-hydrogen) atoms. The molecular formula is C14H19N3O3. The maximum atomic E-state index is 12.3. The number of carbonyl (C=O) groups excluding carboxylic acids is 1. The molecule has 2 aliphatic rings. The Kier molecular flexibility index (Phi) is 3.33. The molecule has 0 bridgehead atoms. The summed E-state index contributed by atoms with van der Waals surface area (Å²) in [7, 11) is 0. The lowest BCUT2D eigenvalue weighted by Gasteiger charge is -2.47. The molecular weight excluding hydrogens is 258 g/mol. The number of likely N-dealkylation sites (tertiary alicyclic amines) is 1. The topological polar surface area (TPSA) is 86.3 Å². The minimum atomic E-state index is -0.590. The summed E-state index contributed by atoms with van der Waals surface area (Å²) in [6.45, 7) is 1.13. The number of H-pyrrole nitrogens is 1. The van der Waals surface area contributed by atoms with Crippen LogP contribution in [0.1, 0.15) is 42.6 Å². The van der Waals surface area contributed by atoms with Crippen LogP contribution in [-0.4, -0.2) is 44.6 Å². The molecule has 1 aromatic heterocycles. The van der Waals surface area contributed by atoms with E-state index < -0.39 is 5.60 Å². The van der Waals surface area contributed by atoms with Crippen LogP contribution in [0.2, 0.25) is 0 Å². The molecule has 2 heterocycles. The van der Waals surface area contributed by atoms with Crippen LogP contribution >= 0.6 is 0 Å². The number of rotatable bonds is 1. The van der Waals surface area contributed by atoms with Gasteiger partial charge in [0.1, 0.15) is 5.69 Å². The van der Waals surface area contributed by atoms with Crippen LogP contribution in [0.25, 0.3) is 0 Å². The summed E-state index contributed by atoms with van der Waals surface area (Å²) < 4.78 is 0. The lowest BCUT2D eigenvalue weighted by Crippen LogP contribution is -2.54. The molecule has 1 aliphatic carbocycles. The maximum Gasteiger partial charge on any atom is 0.273 e. The molecule has 6 heteroatoms. The van der Waals surface area contributed by atoms with Crippen LogP contribution < -0.4 is 5.56 Å². The highest BCUT2D eigenvalue weighted by Crippen LogP contribution is 2.39. The van der Waals surface area contributed by atoms with E-state index in [1.165, 1.54) is 6.20 Å². The van der Waals surface area contributed by atoms with Gasteiger partial charge in [0.2, 0.25) is 0 Å². The molecule has 2 fully saturated rings. The van der Waals surface area contributed by atoms with E-state index >= 15 is 0 Å². The van der Waals surface area contributed by atoms with Crippen molar-refractivity contribution in [3.63, 3.8) is 0 Å². The first-order valence-corrected chi connectivity index (χ1v) is 7.15. The van der Waals surface area contributed by atoms with E-state index in [-0.39, 0.29) is 23.1 Å². The number of piperidine rings is 1. The molecule has 1 saturated heterocycles. The zero-order valence-electron chi connectivity index (χ0n) is 11.3. The summed E-state index contributed by atoms with van der Waals surface area (Å²) in [6.07, 6.45) is 7.11. The predicted molar refractivity (Wildman–Crippen MR) is 72.3 cm³/mol. The Morgan fingerprint density at radius 2 is 2.30 bits per heavy atom. The molecule has 3 rings (SSSR count). The molecule has 108 valence electrons. The van der Waals surface area contributed by atoms with E-state index in [1.54, 1.807) is 4.90 Å². The molecule has 6 nitrogen and oxygen atoms in total. The first-order chi connectivity index (χ1) is 9.58. The first-order valence-electron chi connectivity index (χ1n) is 7.15. The third-order valence-electron chi connectivity index (χ3n) is 4.61. The second-order valence-electron chi connectivity index (χ2n) is 5.84. The third kappa shape index (κ3) is 2.35. The molecule has 2 unspecified atom stereocenters. The first kappa shape index (κ1) is 13.3. The van der Waals surface area contributed by atoms with Crippen molar-refractivity contribution in [1.29, 1.82) is 0 Å². The summed E-state index contributed by atoms with van der Waals surface area (Å²) in [4.78, 5) is 31.4. The van der Waals surface area contributed by atoms with Crippen molar-refractivity contribution >= 4 is 5.91 Å². The SMILES string of the molecule is O=C(c1c[nH]c(=O)cn1)N1CCC2(O)CCCCC2C1. The number of aromatic amines is 1. The Bertz CT molecular complexity index is 551. The van der Waals surface area contributed by atoms with Crippen LogP contribution in [0, 0.1) is 5.92 Å². The quantitative estimate of drug-likeness (QED) is 0.784. The fourth-order valence-corrected chi connectivity index (χ4v) is 3.38. The average Bonchev–Trinajstić information content (AvgIpc) is 2.46. The van der Waals surface area contributed by atoms with Crippen molar-refractivity contribution in [2.75, 3.05) is 13.1 Å². The second-order valence-corrected chi connectivity index (χ2v) is 5.84. The third-order valence-corrected chi connectivity index (χ3v) is 4.61. The zero-order valence-corrected chi connectivity index (χ0v) is 11.3. The number of hydrogen-bond donors (Lipinski definition) is 2. The highest BCUT2D eigenvalue weighted by Gasteiger charge is 2.43. The summed E-state index contributed by atoms with van der Waals surface area (Å²) in [5.41, 5.74) is -0.652. The van der Waals surface area contributed by atoms with Gasteiger partial charge in [-0.3, -0.25) is 9.59 Å². The zero-order chi connectivity index (χ0) is 14.2. The molecule has 1 aromatic rings. The molecule has 1 aliphatic heterocycles. The van der Waals surface area contributed by atoms with E-state index in [9.17, 15) is 14.7 Å². The average molecular weight is 277 g/mol. The van der Waals surface area contributed by atoms with Gasteiger partial charge in [-0.05, 0) is 19.3 Å². The molecule has 0 radical (unpaired) electrons. The number of hydrogen-bond acceptors (Lipinski definition) is 4. The molecule has 0 spiro atoms. The van der Waals surface area contributed by atoms with Crippen LogP contribution in [0.15, 0.2) is 17.2 Å². The Hall–Kier alpha value is -1.69. The number of fused-ring (bicyclic) bond motifs is 1. The number of aliphatic hydroxyl groups is 1. The number of nitrogens with one attached hydrogen (secondary N) is 1. The van der Waals surface area contributed by atoms with Crippen molar-refractivity contribution in [3.8, 4) is 0 Å². The highest BCUT2D eigenvalue weighted by molar-refractivity contribution is 5.92. The van der Waals surface area contributed by atoms with Crippen molar-refractivity contribution in [3.05, 3.63) is 28.4 Å². The predicted octanol–water partition coefficient (Wildman–Crippen LogP) is 0.537. The normalized spacial score (nSPS) is 29.9. The van der Waals surface area contributed by atoms with Crippen LogP contribution in [0.4, 0.5) is 0 Å². The fraction of sp³-hybridized carbons (Fsp3) is 0.643. The van der Waals surface area contributed by atoms with Crippen LogP contribution in [-0.2, 0) is 0 Å². The highest BCUT2D eigenvalue weighted by atomic mass is 16.3. The monoisotopic (exact) mass is 277 g/mol. The summed E-state index contributed by atoms with van der Waals surface area (Å²) in [5, 5.41) is 10.6. The Morgan fingerprint density at radius 3 is 3.05 bits per heavy atom. The minimum Gasteiger partial charge on any atom is -0.389 e. The fourth-order valence-electron chi connectivity index (χ4n) is 3.38. The van der Waals surface area contributed by atoms with Gasteiger partial charge < -0.3 is 15.0 Å². The van der Waals surface area contributed by atoms with Crippen molar-refractivity contribution in [2.24, 2.45) is 5.92 Å². The van der Waals surface area contributed by atoms with Gasteiger partial charge in [0.15, 0.2) is 0 Å². The smallest absolute Gasteiger partial charge is 0.273 e. The van der Waals surface area contributed by atoms with Crippen LogP contribution in [0.3, 0.4) is 0 Å². The molecule has 1 amide bonds. The number of carbonyl (C=O) groups is 1. The van der Waals surface area contributed by atoms with Gasteiger partial charge in [0.25, 0.3) is 11.5 Å². The van der Waals surface area contributed by atoms with Crippen molar-refractivity contribution in [2.45, 2.75) is 37.7 Å². The van der Waals surface area contributed by atoms with Gasteiger partial charge in [-0.25, -0.2) is 4.98 Å². The molecule has 1 saturated carbocycles. The summed E-state index contributed by atoms with van der Waals surface area (Å²) in [5.74, 6) is -0.00872. The van der Waals surface area contributed by atoms with E-state index in [2.05, 4.69) is 9.97 Å². The Morgan fingerprint density at radius 1 is 1.45 bits per heavy atom. The standard InChI is InChI=1S/C14H19N3O3/c18-12-8-15-11(7-16-12)13(19)17-6-5-14(20)4-2-1-3-10(14)9-17/h7-8,10,20H,1-6,9H2,(H,16,18). The van der Waals surface area contributed by atoms with E-state index in [4.69, 9.17) is 0 Å². The van der Waals surface area contributed by atoms with E-state index in [0.717, 1.165) is 31.9 Å².